The molecule has 36 heavy (non-hydrogen) atoms. The Kier molecular flexibility index (Phi) is 5.93. The zero-order valence-corrected chi connectivity index (χ0v) is 18.7. The monoisotopic (exact) mass is 503 g/mol. The molecule has 4 aromatic rings. The number of halogens is 6. The molecule has 11 heteroatoms. The van der Waals surface area contributed by atoms with E-state index in [1.165, 1.54) is 24.3 Å². The van der Waals surface area contributed by atoms with E-state index in [9.17, 15) is 26.3 Å². The average Bonchev–Trinajstić information content (AvgIpc) is 2.87. The molecule has 5 rings (SSSR count). The van der Waals surface area contributed by atoms with Gasteiger partial charge in [0.05, 0.1) is 16.6 Å². The van der Waals surface area contributed by atoms with Gasteiger partial charge in [0.2, 0.25) is 0 Å². The molecule has 5 nitrogen and oxygen atoms in total. The van der Waals surface area contributed by atoms with Crippen molar-refractivity contribution in [2.75, 3.05) is 36.0 Å². The topological polar surface area (TPSA) is 45.2 Å². The molecule has 0 bridgehead atoms. The molecule has 2 aromatic heterocycles. The third kappa shape index (κ3) is 4.65. The van der Waals surface area contributed by atoms with E-state index in [2.05, 4.69) is 15.0 Å². The second-order valence-electron chi connectivity index (χ2n) is 8.31. The summed E-state index contributed by atoms with van der Waals surface area (Å²) in [6, 6.07) is 14.6. The van der Waals surface area contributed by atoms with Gasteiger partial charge >= 0.3 is 12.4 Å². The second-order valence-corrected chi connectivity index (χ2v) is 8.31. The van der Waals surface area contributed by atoms with Crippen molar-refractivity contribution in [1.29, 1.82) is 0 Å². The number of fused-ring (bicyclic) bond motifs is 1. The van der Waals surface area contributed by atoms with Gasteiger partial charge in [0.25, 0.3) is 0 Å². The lowest BCUT2D eigenvalue weighted by atomic mass is 10.1. The molecule has 0 radical (unpaired) electrons. The first-order valence-corrected chi connectivity index (χ1v) is 11.1. The summed E-state index contributed by atoms with van der Waals surface area (Å²) in [6.07, 6.45) is -8.21. The minimum Gasteiger partial charge on any atom is -0.353 e. The van der Waals surface area contributed by atoms with E-state index in [0.29, 0.717) is 48.7 Å². The Bertz CT molecular complexity index is 1380. The number of piperazine rings is 1. The SMILES string of the molecule is FC(F)(F)c1ccc(N2CCN(c3nc(-c4ccccc4C(F)(F)F)nc4ccccc34)CC2)nc1. The molecule has 0 aliphatic carbocycles. The highest BCUT2D eigenvalue weighted by Gasteiger charge is 2.35. The first kappa shape index (κ1) is 23.8. The van der Waals surface area contributed by atoms with E-state index in [-0.39, 0.29) is 11.4 Å². The van der Waals surface area contributed by atoms with E-state index in [0.717, 1.165) is 18.3 Å². The zero-order valence-electron chi connectivity index (χ0n) is 18.7. The van der Waals surface area contributed by atoms with E-state index >= 15 is 0 Å². The zero-order chi connectivity index (χ0) is 25.5. The number of hydrogen-bond donors (Lipinski definition) is 0. The van der Waals surface area contributed by atoms with Gasteiger partial charge < -0.3 is 9.80 Å². The quantitative estimate of drug-likeness (QED) is 0.318. The number of benzene rings is 2. The number of nitrogens with zero attached hydrogens (tertiary/aromatic N) is 5. The highest BCUT2D eigenvalue weighted by molar-refractivity contribution is 5.91. The molecule has 1 aliphatic rings. The van der Waals surface area contributed by atoms with Gasteiger partial charge in [0.1, 0.15) is 11.6 Å². The molecule has 0 N–H and O–H groups in total. The van der Waals surface area contributed by atoms with Crippen LogP contribution in [0.5, 0.6) is 0 Å². The number of aromatic nitrogens is 3. The van der Waals surface area contributed by atoms with Crippen molar-refractivity contribution >= 4 is 22.5 Å². The number of rotatable bonds is 3. The summed E-state index contributed by atoms with van der Waals surface area (Å²) in [6.45, 7) is 1.80. The van der Waals surface area contributed by atoms with Crippen molar-refractivity contribution in [3.63, 3.8) is 0 Å². The van der Waals surface area contributed by atoms with Crippen LogP contribution in [0.15, 0.2) is 66.9 Å². The van der Waals surface area contributed by atoms with Crippen LogP contribution >= 0.6 is 0 Å². The molecule has 0 saturated carbocycles. The molecule has 0 spiro atoms. The van der Waals surface area contributed by atoms with Crippen LogP contribution in [-0.2, 0) is 12.4 Å². The predicted octanol–water partition coefficient (Wildman–Crippen LogP) is 6.06. The van der Waals surface area contributed by atoms with E-state index in [1.807, 2.05) is 15.9 Å². The fourth-order valence-electron chi connectivity index (χ4n) is 4.23. The van der Waals surface area contributed by atoms with Gasteiger partial charge in [-0.1, -0.05) is 30.3 Å². The minimum atomic E-state index is -4.56. The van der Waals surface area contributed by atoms with Crippen LogP contribution < -0.4 is 9.80 Å². The molecule has 2 aromatic carbocycles. The Hall–Kier alpha value is -3.89. The molecule has 0 amide bonds. The Morgan fingerprint density at radius 3 is 2.00 bits per heavy atom. The van der Waals surface area contributed by atoms with Crippen LogP contribution in [0.4, 0.5) is 38.0 Å². The van der Waals surface area contributed by atoms with E-state index in [4.69, 9.17) is 0 Å². The average molecular weight is 503 g/mol. The summed E-state index contributed by atoms with van der Waals surface area (Å²) in [4.78, 5) is 16.7. The minimum absolute atomic E-state index is 0.0246. The molecule has 186 valence electrons. The van der Waals surface area contributed by atoms with Crippen molar-refractivity contribution in [2.24, 2.45) is 0 Å². The summed E-state index contributed by atoms with van der Waals surface area (Å²) in [5, 5.41) is 0.701. The molecular weight excluding hydrogens is 484 g/mol. The third-order valence-corrected chi connectivity index (χ3v) is 6.03. The molecule has 3 heterocycles. The molecular formula is C25H19F6N5. The normalized spacial score (nSPS) is 14.9. The smallest absolute Gasteiger partial charge is 0.353 e. The Labute approximate surface area is 202 Å². The summed E-state index contributed by atoms with van der Waals surface area (Å²) in [7, 11) is 0. The first-order valence-electron chi connectivity index (χ1n) is 11.1. The van der Waals surface area contributed by atoms with Crippen LogP contribution in [0.3, 0.4) is 0 Å². The van der Waals surface area contributed by atoms with Crippen molar-refractivity contribution in [3.05, 3.63) is 78.0 Å². The number of alkyl halides is 6. The van der Waals surface area contributed by atoms with Crippen LogP contribution in [0.2, 0.25) is 0 Å². The number of para-hydroxylation sites is 1. The Balaban J connectivity index is 1.45. The standard InChI is InChI=1S/C25H19F6N5/c26-24(27,28)16-9-10-21(32-15-16)35-11-13-36(14-12-35)23-18-6-2-4-8-20(18)33-22(34-23)17-5-1-3-7-19(17)25(29,30)31/h1-10,15H,11-14H2. The van der Waals surface area contributed by atoms with Gasteiger partial charge in [-0.3, -0.25) is 0 Å². The van der Waals surface area contributed by atoms with E-state index < -0.39 is 23.5 Å². The van der Waals surface area contributed by atoms with Crippen LogP contribution in [0.25, 0.3) is 22.3 Å². The van der Waals surface area contributed by atoms with Gasteiger partial charge in [0, 0.05) is 43.3 Å². The number of anilines is 2. The lowest BCUT2D eigenvalue weighted by molar-refractivity contribution is -0.138. The molecule has 1 aliphatic heterocycles. The summed E-state index contributed by atoms with van der Waals surface area (Å²) in [5.41, 5.74) is -1.22. The van der Waals surface area contributed by atoms with Gasteiger partial charge in [-0.05, 0) is 30.3 Å². The van der Waals surface area contributed by atoms with Crippen LogP contribution in [-0.4, -0.2) is 41.1 Å². The number of hydrogen-bond acceptors (Lipinski definition) is 5. The second kappa shape index (κ2) is 8.96. The molecule has 1 saturated heterocycles. The lowest BCUT2D eigenvalue weighted by Gasteiger charge is -2.36. The van der Waals surface area contributed by atoms with Crippen LogP contribution in [0, 0.1) is 0 Å². The maximum Gasteiger partial charge on any atom is 0.417 e. The van der Waals surface area contributed by atoms with Crippen molar-refractivity contribution in [2.45, 2.75) is 12.4 Å². The molecule has 0 atom stereocenters. The summed E-state index contributed by atoms with van der Waals surface area (Å²) in [5.74, 6) is 0.908. The largest absolute Gasteiger partial charge is 0.417 e. The Morgan fingerprint density at radius 2 is 1.33 bits per heavy atom. The summed E-state index contributed by atoms with van der Waals surface area (Å²) < 4.78 is 79.5. The maximum absolute atomic E-state index is 13.7. The molecule has 1 fully saturated rings. The van der Waals surface area contributed by atoms with Gasteiger partial charge in [-0.15, -0.1) is 0 Å². The summed E-state index contributed by atoms with van der Waals surface area (Å²) >= 11 is 0. The van der Waals surface area contributed by atoms with Crippen molar-refractivity contribution < 1.29 is 26.3 Å². The van der Waals surface area contributed by atoms with Crippen molar-refractivity contribution in [3.8, 4) is 11.4 Å². The third-order valence-electron chi connectivity index (χ3n) is 6.03. The lowest BCUT2D eigenvalue weighted by Crippen LogP contribution is -2.47. The highest BCUT2D eigenvalue weighted by atomic mass is 19.4. The number of pyridine rings is 1. The van der Waals surface area contributed by atoms with Crippen molar-refractivity contribution in [1.82, 2.24) is 15.0 Å². The van der Waals surface area contributed by atoms with Crippen LogP contribution in [0.1, 0.15) is 11.1 Å². The van der Waals surface area contributed by atoms with E-state index in [1.54, 1.807) is 18.2 Å². The van der Waals surface area contributed by atoms with Gasteiger partial charge in [-0.25, -0.2) is 15.0 Å². The van der Waals surface area contributed by atoms with Gasteiger partial charge in [0.15, 0.2) is 5.82 Å². The van der Waals surface area contributed by atoms with Gasteiger partial charge in [-0.2, -0.15) is 26.3 Å². The maximum atomic E-state index is 13.7. The molecule has 0 unspecified atom stereocenters. The fourth-order valence-corrected chi connectivity index (χ4v) is 4.23. The highest BCUT2D eigenvalue weighted by Crippen LogP contribution is 2.37. The fraction of sp³-hybridized carbons (Fsp3) is 0.240. The predicted molar refractivity (Wildman–Crippen MR) is 124 cm³/mol. The Morgan fingerprint density at radius 1 is 0.667 bits per heavy atom. The first-order chi connectivity index (χ1) is 17.1.